The summed E-state index contributed by atoms with van der Waals surface area (Å²) in [7, 11) is 1.64. The number of carbonyl (C=O) groups is 1. The Morgan fingerprint density at radius 3 is 2.65 bits per heavy atom. The maximum absolute atomic E-state index is 12.7. The van der Waals surface area contributed by atoms with Crippen molar-refractivity contribution in [1.82, 2.24) is 20.1 Å². The minimum Gasteiger partial charge on any atom is -0.497 e. The van der Waals surface area contributed by atoms with E-state index in [1.54, 1.807) is 17.9 Å². The Kier molecular flexibility index (Phi) is 5.31. The largest absolute Gasteiger partial charge is 0.497 e. The monoisotopic (exact) mass is 350 g/mol. The highest BCUT2D eigenvalue weighted by atomic mass is 16.5. The molecule has 3 aromatic rings. The molecule has 0 unspecified atom stereocenters. The first-order valence-corrected chi connectivity index (χ1v) is 8.55. The molecule has 26 heavy (non-hydrogen) atoms. The molecule has 0 fully saturated rings. The van der Waals surface area contributed by atoms with Crippen LogP contribution in [0.1, 0.15) is 36.1 Å². The molecule has 1 atom stereocenters. The van der Waals surface area contributed by atoms with Crippen LogP contribution in [0.5, 0.6) is 5.75 Å². The third kappa shape index (κ3) is 3.74. The van der Waals surface area contributed by atoms with Gasteiger partial charge in [-0.25, -0.2) is 9.67 Å². The van der Waals surface area contributed by atoms with Crippen LogP contribution in [0.2, 0.25) is 0 Å². The van der Waals surface area contributed by atoms with Crippen molar-refractivity contribution < 1.29 is 9.53 Å². The molecule has 1 N–H and O–H groups in total. The van der Waals surface area contributed by atoms with E-state index in [0.29, 0.717) is 12.1 Å². The number of hydrogen-bond donors (Lipinski definition) is 1. The zero-order valence-corrected chi connectivity index (χ0v) is 15.1. The molecule has 3 rings (SSSR count). The van der Waals surface area contributed by atoms with Crippen LogP contribution in [0.25, 0.3) is 11.1 Å². The molecule has 0 bridgehead atoms. The first-order valence-electron chi connectivity index (χ1n) is 8.55. The van der Waals surface area contributed by atoms with Gasteiger partial charge in [0.1, 0.15) is 17.9 Å². The SMILES string of the molecule is CCn1ncnc1[C@@H](C)NC(=O)c1cccc(-c2cccc(OC)c2)c1. The normalized spacial score (nSPS) is 11.8. The van der Waals surface area contributed by atoms with Gasteiger partial charge in [-0.2, -0.15) is 5.10 Å². The highest BCUT2D eigenvalue weighted by molar-refractivity contribution is 5.95. The van der Waals surface area contributed by atoms with E-state index < -0.39 is 0 Å². The van der Waals surface area contributed by atoms with E-state index in [1.165, 1.54) is 6.33 Å². The summed E-state index contributed by atoms with van der Waals surface area (Å²) in [5, 5.41) is 7.14. The van der Waals surface area contributed by atoms with Crippen molar-refractivity contribution in [2.75, 3.05) is 7.11 Å². The Balaban J connectivity index is 1.80. The molecule has 1 aromatic heterocycles. The van der Waals surface area contributed by atoms with Crippen molar-refractivity contribution in [2.45, 2.75) is 26.4 Å². The molecule has 0 saturated carbocycles. The summed E-state index contributed by atoms with van der Waals surface area (Å²) in [6, 6.07) is 15.1. The average Bonchev–Trinajstić information content (AvgIpc) is 3.17. The Labute approximate surface area is 152 Å². The minimum atomic E-state index is -0.231. The summed E-state index contributed by atoms with van der Waals surface area (Å²) in [4.78, 5) is 16.9. The van der Waals surface area contributed by atoms with Gasteiger partial charge < -0.3 is 10.1 Å². The second-order valence-electron chi connectivity index (χ2n) is 5.94. The fraction of sp³-hybridized carbons (Fsp3) is 0.250. The minimum absolute atomic E-state index is 0.145. The molecule has 0 aliphatic rings. The molecule has 0 aliphatic heterocycles. The number of benzene rings is 2. The lowest BCUT2D eigenvalue weighted by atomic mass is 10.0. The quantitative estimate of drug-likeness (QED) is 0.739. The summed E-state index contributed by atoms with van der Waals surface area (Å²) in [5.41, 5.74) is 2.55. The number of methoxy groups -OCH3 is 1. The molecule has 1 heterocycles. The molecule has 0 aliphatic carbocycles. The number of aryl methyl sites for hydroxylation is 1. The number of hydrogen-bond acceptors (Lipinski definition) is 4. The second-order valence-corrected chi connectivity index (χ2v) is 5.94. The van der Waals surface area contributed by atoms with E-state index in [-0.39, 0.29) is 11.9 Å². The Hall–Kier alpha value is -3.15. The topological polar surface area (TPSA) is 69.0 Å². The van der Waals surface area contributed by atoms with Crippen molar-refractivity contribution in [1.29, 1.82) is 0 Å². The van der Waals surface area contributed by atoms with Gasteiger partial charge in [0.15, 0.2) is 0 Å². The van der Waals surface area contributed by atoms with Crippen LogP contribution < -0.4 is 10.1 Å². The number of nitrogens with one attached hydrogen (secondary N) is 1. The van der Waals surface area contributed by atoms with Crippen molar-refractivity contribution in [3.8, 4) is 16.9 Å². The van der Waals surface area contributed by atoms with Gasteiger partial charge in [-0.05, 0) is 49.2 Å². The third-order valence-electron chi connectivity index (χ3n) is 4.21. The number of ether oxygens (including phenoxy) is 1. The molecule has 0 spiro atoms. The van der Waals surface area contributed by atoms with Gasteiger partial charge >= 0.3 is 0 Å². The maximum atomic E-state index is 12.7. The van der Waals surface area contributed by atoms with E-state index in [2.05, 4.69) is 15.4 Å². The van der Waals surface area contributed by atoms with Crippen LogP contribution in [0, 0.1) is 0 Å². The lowest BCUT2D eigenvalue weighted by Crippen LogP contribution is -2.28. The molecule has 0 radical (unpaired) electrons. The fourth-order valence-corrected chi connectivity index (χ4v) is 2.84. The smallest absolute Gasteiger partial charge is 0.251 e. The van der Waals surface area contributed by atoms with E-state index in [0.717, 1.165) is 22.7 Å². The van der Waals surface area contributed by atoms with E-state index in [9.17, 15) is 4.79 Å². The molecule has 0 saturated heterocycles. The number of nitrogens with zero attached hydrogens (tertiary/aromatic N) is 3. The fourth-order valence-electron chi connectivity index (χ4n) is 2.84. The van der Waals surface area contributed by atoms with Gasteiger partial charge in [0.2, 0.25) is 0 Å². The second kappa shape index (κ2) is 7.82. The van der Waals surface area contributed by atoms with Crippen molar-refractivity contribution in [3.05, 3.63) is 66.2 Å². The Morgan fingerprint density at radius 2 is 1.92 bits per heavy atom. The van der Waals surface area contributed by atoms with Gasteiger partial charge in [-0.1, -0.05) is 24.3 Å². The molecular formula is C20H22N4O2. The molecule has 1 amide bonds. The molecule has 134 valence electrons. The molecule has 6 nitrogen and oxygen atoms in total. The maximum Gasteiger partial charge on any atom is 0.251 e. The molecule has 6 heteroatoms. The van der Waals surface area contributed by atoms with Crippen LogP contribution in [-0.4, -0.2) is 27.8 Å². The van der Waals surface area contributed by atoms with Crippen LogP contribution in [-0.2, 0) is 6.54 Å². The van der Waals surface area contributed by atoms with Crippen LogP contribution in [0.4, 0.5) is 0 Å². The summed E-state index contributed by atoms with van der Waals surface area (Å²) in [6.07, 6.45) is 1.50. The Morgan fingerprint density at radius 1 is 1.19 bits per heavy atom. The van der Waals surface area contributed by atoms with Gasteiger partial charge in [-0.15, -0.1) is 0 Å². The highest BCUT2D eigenvalue weighted by Gasteiger charge is 2.16. The van der Waals surface area contributed by atoms with Gasteiger partial charge in [0.25, 0.3) is 5.91 Å². The molecule has 2 aromatic carbocycles. The number of rotatable bonds is 6. The number of aromatic nitrogens is 3. The van der Waals surface area contributed by atoms with E-state index in [4.69, 9.17) is 4.74 Å². The van der Waals surface area contributed by atoms with E-state index >= 15 is 0 Å². The predicted octanol–water partition coefficient (Wildman–Crippen LogP) is 3.46. The zero-order chi connectivity index (χ0) is 18.5. The number of amides is 1. The lowest BCUT2D eigenvalue weighted by Gasteiger charge is -2.14. The van der Waals surface area contributed by atoms with Crippen molar-refractivity contribution >= 4 is 5.91 Å². The summed E-state index contributed by atoms with van der Waals surface area (Å²) < 4.78 is 7.05. The predicted molar refractivity (Wildman–Crippen MR) is 100 cm³/mol. The first-order chi connectivity index (χ1) is 12.6. The van der Waals surface area contributed by atoms with Crippen molar-refractivity contribution in [2.24, 2.45) is 0 Å². The van der Waals surface area contributed by atoms with Gasteiger partial charge in [0.05, 0.1) is 13.2 Å². The van der Waals surface area contributed by atoms with Crippen LogP contribution >= 0.6 is 0 Å². The number of carbonyl (C=O) groups excluding carboxylic acids is 1. The lowest BCUT2D eigenvalue weighted by molar-refractivity contribution is 0.0937. The summed E-state index contributed by atoms with van der Waals surface area (Å²) in [5.74, 6) is 1.38. The van der Waals surface area contributed by atoms with Gasteiger partial charge in [-0.3, -0.25) is 4.79 Å². The van der Waals surface area contributed by atoms with Crippen LogP contribution in [0.15, 0.2) is 54.9 Å². The third-order valence-corrected chi connectivity index (χ3v) is 4.21. The van der Waals surface area contributed by atoms with Crippen molar-refractivity contribution in [3.63, 3.8) is 0 Å². The van der Waals surface area contributed by atoms with E-state index in [1.807, 2.05) is 56.3 Å². The highest BCUT2D eigenvalue weighted by Crippen LogP contribution is 2.24. The standard InChI is InChI=1S/C20H22N4O2/c1-4-24-19(21-13-22-24)14(2)23-20(25)17-9-5-7-15(11-17)16-8-6-10-18(12-16)26-3/h5-14H,4H2,1-3H3,(H,23,25)/t14-/m1/s1. The average molecular weight is 350 g/mol. The molecular weight excluding hydrogens is 328 g/mol. The Bertz CT molecular complexity index is 904. The summed E-state index contributed by atoms with van der Waals surface area (Å²) in [6.45, 7) is 4.60. The van der Waals surface area contributed by atoms with Crippen LogP contribution in [0.3, 0.4) is 0 Å². The first kappa shape index (κ1) is 17.7. The van der Waals surface area contributed by atoms with Gasteiger partial charge in [0, 0.05) is 12.1 Å². The zero-order valence-electron chi connectivity index (χ0n) is 15.1. The summed E-state index contributed by atoms with van der Waals surface area (Å²) >= 11 is 0.